The van der Waals surface area contributed by atoms with Gasteiger partial charge in [-0.2, -0.15) is 0 Å². The van der Waals surface area contributed by atoms with Crippen LogP contribution in [0, 0.1) is 0 Å². The van der Waals surface area contributed by atoms with Gasteiger partial charge in [-0.05, 0) is 13.8 Å². The number of amidine groups is 1. The largest absolute Gasteiger partial charge is 0.356 e. The predicted octanol–water partition coefficient (Wildman–Crippen LogP) is 0.425. The van der Waals surface area contributed by atoms with Crippen LogP contribution >= 0.6 is 0 Å². The highest BCUT2D eigenvalue weighted by atomic mass is 15.3. The van der Waals surface area contributed by atoms with Crippen LogP contribution in [-0.4, -0.2) is 54.4 Å². The minimum atomic E-state index is 0.662. The summed E-state index contributed by atoms with van der Waals surface area (Å²) in [4.78, 5) is 9.39. The first-order valence-corrected chi connectivity index (χ1v) is 4.79. The van der Waals surface area contributed by atoms with Crippen molar-refractivity contribution in [2.75, 3.05) is 32.7 Å². The zero-order valence-corrected chi connectivity index (χ0v) is 7.95. The molecule has 0 amide bonds. The van der Waals surface area contributed by atoms with Crippen molar-refractivity contribution < 1.29 is 0 Å². The molecular formula is C9H17N3. The molecule has 1 saturated heterocycles. The van der Waals surface area contributed by atoms with E-state index in [1.807, 2.05) is 0 Å². The molecule has 68 valence electrons. The first kappa shape index (κ1) is 8.05. The molecule has 2 heterocycles. The van der Waals surface area contributed by atoms with Crippen LogP contribution in [0.5, 0.6) is 0 Å². The van der Waals surface area contributed by atoms with Crippen LogP contribution in [0.25, 0.3) is 0 Å². The topological polar surface area (TPSA) is 18.8 Å². The lowest BCUT2D eigenvalue weighted by Gasteiger charge is -2.36. The molecule has 2 aliphatic heterocycles. The van der Waals surface area contributed by atoms with Crippen LogP contribution in [0.1, 0.15) is 13.8 Å². The Labute approximate surface area is 74.1 Å². The molecule has 2 rings (SSSR count). The van der Waals surface area contributed by atoms with E-state index in [1.165, 1.54) is 18.9 Å². The van der Waals surface area contributed by atoms with Gasteiger partial charge in [0.15, 0.2) is 0 Å². The third-order valence-corrected chi connectivity index (χ3v) is 2.76. The molecular weight excluding hydrogens is 150 g/mol. The van der Waals surface area contributed by atoms with E-state index in [-0.39, 0.29) is 0 Å². The summed E-state index contributed by atoms with van der Waals surface area (Å²) in [5.41, 5.74) is 0. The van der Waals surface area contributed by atoms with Crippen molar-refractivity contribution in [1.82, 2.24) is 9.80 Å². The smallest absolute Gasteiger partial charge is 0.113 e. The van der Waals surface area contributed by atoms with Crippen LogP contribution in [0.4, 0.5) is 0 Å². The molecule has 0 aliphatic carbocycles. The average Bonchev–Trinajstić information content (AvgIpc) is 2.49. The Balaban J connectivity index is 2.00. The highest BCUT2D eigenvalue weighted by Gasteiger charge is 2.25. The van der Waals surface area contributed by atoms with E-state index in [2.05, 4.69) is 28.6 Å². The first-order chi connectivity index (χ1) is 5.77. The molecule has 0 spiro atoms. The van der Waals surface area contributed by atoms with Gasteiger partial charge in [0.2, 0.25) is 0 Å². The van der Waals surface area contributed by atoms with Gasteiger partial charge in [0.25, 0.3) is 0 Å². The fourth-order valence-corrected chi connectivity index (χ4v) is 1.87. The maximum atomic E-state index is 4.49. The van der Waals surface area contributed by atoms with Crippen LogP contribution in [0.3, 0.4) is 0 Å². The monoisotopic (exact) mass is 167 g/mol. The summed E-state index contributed by atoms with van der Waals surface area (Å²) in [6.07, 6.45) is 0. The number of hydrogen-bond acceptors (Lipinski definition) is 3. The molecule has 0 radical (unpaired) electrons. The second-order valence-corrected chi connectivity index (χ2v) is 3.85. The molecule has 0 aromatic carbocycles. The SMILES string of the molecule is CC(C)N1CCN2CCN=C2C1. The molecule has 12 heavy (non-hydrogen) atoms. The summed E-state index contributed by atoms with van der Waals surface area (Å²) in [5.74, 6) is 1.31. The predicted molar refractivity (Wildman–Crippen MR) is 50.6 cm³/mol. The van der Waals surface area contributed by atoms with Crippen LogP contribution in [0.2, 0.25) is 0 Å². The van der Waals surface area contributed by atoms with E-state index >= 15 is 0 Å². The Morgan fingerprint density at radius 1 is 1.25 bits per heavy atom. The molecule has 3 nitrogen and oxygen atoms in total. The zero-order valence-electron chi connectivity index (χ0n) is 7.95. The van der Waals surface area contributed by atoms with E-state index in [1.54, 1.807) is 0 Å². The highest BCUT2D eigenvalue weighted by molar-refractivity contribution is 5.86. The lowest BCUT2D eigenvalue weighted by atomic mass is 10.2. The van der Waals surface area contributed by atoms with Crippen molar-refractivity contribution in [2.24, 2.45) is 4.99 Å². The van der Waals surface area contributed by atoms with Crippen molar-refractivity contribution >= 4 is 5.84 Å². The van der Waals surface area contributed by atoms with Gasteiger partial charge in [-0.25, -0.2) is 0 Å². The molecule has 0 N–H and O–H groups in total. The molecule has 0 saturated carbocycles. The Morgan fingerprint density at radius 2 is 2.08 bits per heavy atom. The van der Waals surface area contributed by atoms with Crippen LogP contribution < -0.4 is 0 Å². The first-order valence-electron chi connectivity index (χ1n) is 4.79. The lowest BCUT2D eigenvalue weighted by Crippen LogP contribution is -2.50. The van der Waals surface area contributed by atoms with Gasteiger partial charge in [-0.3, -0.25) is 9.89 Å². The summed E-state index contributed by atoms with van der Waals surface area (Å²) >= 11 is 0. The van der Waals surface area contributed by atoms with Gasteiger partial charge in [0.05, 0.1) is 13.1 Å². The number of rotatable bonds is 1. The number of hydrogen-bond donors (Lipinski definition) is 0. The van der Waals surface area contributed by atoms with Crippen LogP contribution in [-0.2, 0) is 0 Å². The van der Waals surface area contributed by atoms with E-state index in [9.17, 15) is 0 Å². The Kier molecular flexibility index (Phi) is 2.05. The van der Waals surface area contributed by atoms with E-state index in [0.29, 0.717) is 6.04 Å². The fraction of sp³-hybridized carbons (Fsp3) is 0.889. The maximum absolute atomic E-state index is 4.49. The lowest BCUT2D eigenvalue weighted by molar-refractivity contribution is 0.200. The summed E-state index contributed by atoms with van der Waals surface area (Å²) in [6, 6.07) is 0.662. The molecule has 3 heteroatoms. The minimum absolute atomic E-state index is 0.662. The number of piperazine rings is 1. The van der Waals surface area contributed by atoms with Gasteiger partial charge in [-0.1, -0.05) is 0 Å². The van der Waals surface area contributed by atoms with Gasteiger partial charge >= 0.3 is 0 Å². The van der Waals surface area contributed by atoms with Crippen LogP contribution in [0.15, 0.2) is 4.99 Å². The maximum Gasteiger partial charge on any atom is 0.113 e. The summed E-state index contributed by atoms with van der Waals surface area (Å²) in [5, 5.41) is 0. The van der Waals surface area contributed by atoms with Crippen molar-refractivity contribution in [1.29, 1.82) is 0 Å². The van der Waals surface area contributed by atoms with Gasteiger partial charge in [-0.15, -0.1) is 0 Å². The second kappa shape index (κ2) is 3.05. The molecule has 1 fully saturated rings. The molecule has 0 atom stereocenters. The molecule has 0 aromatic rings. The van der Waals surface area contributed by atoms with Crippen molar-refractivity contribution in [3.05, 3.63) is 0 Å². The third-order valence-electron chi connectivity index (χ3n) is 2.76. The number of fused-ring (bicyclic) bond motifs is 1. The average molecular weight is 167 g/mol. The summed E-state index contributed by atoms with van der Waals surface area (Å²) in [6.45, 7) is 10.1. The number of aliphatic imine (C=N–C) groups is 1. The molecule has 2 aliphatic rings. The highest BCUT2D eigenvalue weighted by Crippen LogP contribution is 2.11. The molecule has 0 aromatic heterocycles. The number of nitrogens with zero attached hydrogens (tertiary/aromatic N) is 3. The normalized spacial score (nSPS) is 24.6. The van der Waals surface area contributed by atoms with E-state index in [0.717, 1.165) is 19.6 Å². The van der Waals surface area contributed by atoms with Gasteiger partial charge < -0.3 is 4.90 Å². The standard InChI is InChI=1S/C9H17N3/c1-8(2)12-6-5-11-4-3-10-9(11)7-12/h8H,3-7H2,1-2H3. The Morgan fingerprint density at radius 3 is 2.83 bits per heavy atom. The van der Waals surface area contributed by atoms with Crippen molar-refractivity contribution in [3.8, 4) is 0 Å². The van der Waals surface area contributed by atoms with Crippen molar-refractivity contribution in [3.63, 3.8) is 0 Å². The second-order valence-electron chi connectivity index (χ2n) is 3.85. The fourth-order valence-electron chi connectivity index (χ4n) is 1.87. The Hall–Kier alpha value is -0.570. The Bertz CT molecular complexity index is 198. The minimum Gasteiger partial charge on any atom is -0.356 e. The van der Waals surface area contributed by atoms with Gasteiger partial charge in [0.1, 0.15) is 5.84 Å². The van der Waals surface area contributed by atoms with E-state index < -0.39 is 0 Å². The molecule has 0 bridgehead atoms. The quantitative estimate of drug-likeness (QED) is 0.564. The zero-order chi connectivity index (χ0) is 8.55. The van der Waals surface area contributed by atoms with Crippen molar-refractivity contribution in [2.45, 2.75) is 19.9 Å². The summed E-state index contributed by atoms with van der Waals surface area (Å²) < 4.78 is 0. The van der Waals surface area contributed by atoms with E-state index in [4.69, 9.17) is 0 Å². The molecule has 0 unspecified atom stereocenters. The third kappa shape index (κ3) is 1.33. The van der Waals surface area contributed by atoms with Gasteiger partial charge in [0, 0.05) is 25.7 Å². The summed E-state index contributed by atoms with van der Waals surface area (Å²) in [7, 11) is 0.